The van der Waals surface area contributed by atoms with Crippen molar-refractivity contribution in [3.63, 3.8) is 0 Å². The van der Waals surface area contributed by atoms with Gasteiger partial charge in [-0.2, -0.15) is 4.31 Å². The summed E-state index contributed by atoms with van der Waals surface area (Å²) in [5, 5.41) is 11.0. The Morgan fingerprint density at radius 2 is 2.21 bits per heavy atom. The van der Waals surface area contributed by atoms with E-state index in [1.165, 1.54) is 22.7 Å². The molecule has 0 aliphatic rings. The van der Waals surface area contributed by atoms with Crippen molar-refractivity contribution in [2.24, 2.45) is 0 Å². The van der Waals surface area contributed by atoms with Crippen molar-refractivity contribution in [2.45, 2.75) is 24.3 Å². The van der Waals surface area contributed by atoms with Gasteiger partial charge in [-0.15, -0.1) is 22.7 Å². The maximum absolute atomic E-state index is 12.4. The first-order chi connectivity index (χ1) is 8.95. The van der Waals surface area contributed by atoms with Crippen molar-refractivity contribution in [1.29, 1.82) is 0 Å². The first-order valence-corrected chi connectivity index (χ1v) is 8.68. The zero-order valence-electron chi connectivity index (χ0n) is 10.5. The highest BCUT2D eigenvalue weighted by molar-refractivity contribution is 7.91. The van der Waals surface area contributed by atoms with Gasteiger partial charge in [-0.05, 0) is 18.6 Å². The summed E-state index contributed by atoms with van der Waals surface area (Å²) in [5.74, 6) is 0. The Bertz CT molecular complexity index is 647. The van der Waals surface area contributed by atoms with Crippen LogP contribution in [-0.4, -0.2) is 29.9 Å². The highest BCUT2D eigenvalue weighted by atomic mass is 32.2. The second kappa shape index (κ2) is 5.68. The molecule has 19 heavy (non-hydrogen) atoms. The molecule has 1 N–H and O–H groups in total. The average molecular weight is 318 g/mol. The van der Waals surface area contributed by atoms with Gasteiger partial charge in [-0.3, -0.25) is 0 Å². The third-order valence-corrected chi connectivity index (χ3v) is 6.78. The molecule has 0 fully saturated rings. The van der Waals surface area contributed by atoms with Gasteiger partial charge in [-0.1, -0.05) is 0 Å². The van der Waals surface area contributed by atoms with Gasteiger partial charge in [0.25, 0.3) is 10.0 Å². The number of rotatable bonds is 5. The van der Waals surface area contributed by atoms with E-state index < -0.39 is 10.0 Å². The van der Waals surface area contributed by atoms with Gasteiger partial charge in [-0.25, -0.2) is 13.4 Å². The minimum Gasteiger partial charge on any atom is -0.391 e. The topological polar surface area (TPSA) is 70.5 Å². The predicted molar refractivity (Wildman–Crippen MR) is 75.7 cm³/mol. The quantitative estimate of drug-likeness (QED) is 0.913. The fourth-order valence-electron chi connectivity index (χ4n) is 1.56. The average Bonchev–Trinajstić information content (AvgIpc) is 2.98. The second-order valence-electron chi connectivity index (χ2n) is 4.07. The lowest BCUT2D eigenvalue weighted by atomic mass is 10.3. The molecular weight excluding hydrogens is 304 g/mol. The number of aliphatic hydroxyl groups is 1. The highest BCUT2D eigenvalue weighted by Gasteiger charge is 2.24. The zero-order valence-corrected chi connectivity index (χ0v) is 13.0. The summed E-state index contributed by atoms with van der Waals surface area (Å²) in [5.41, 5.74) is 3.20. The minimum atomic E-state index is -3.52. The maximum Gasteiger partial charge on any atom is 0.252 e. The molecular formula is C11H14N2O3S3. The fraction of sp³-hybridized carbons (Fsp3) is 0.364. The normalized spacial score (nSPS) is 12.2. The van der Waals surface area contributed by atoms with Gasteiger partial charge in [0.1, 0.15) is 4.21 Å². The van der Waals surface area contributed by atoms with Crippen LogP contribution in [0, 0.1) is 6.92 Å². The molecule has 2 aromatic rings. The summed E-state index contributed by atoms with van der Waals surface area (Å²) >= 11 is 2.55. The second-order valence-corrected chi connectivity index (χ2v) is 8.20. The molecule has 0 aliphatic carbocycles. The number of sulfonamides is 1. The Morgan fingerprint density at radius 3 is 2.74 bits per heavy atom. The first kappa shape index (κ1) is 14.6. The van der Waals surface area contributed by atoms with Gasteiger partial charge in [0.15, 0.2) is 0 Å². The zero-order chi connectivity index (χ0) is 14.0. The van der Waals surface area contributed by atoms with E-state index in [2.05, 4.69) is 4.98 Å². The van der Waals surface area contributed by atoms with E-state index in [-0.39, 0.29) is 17.4 Å². The number of thiophene rings is 1. The summed E-state index contributed by atoms with van der Waals surface area (Å²) in [4.78, 5) is 4.76. The molecule has 0 spiro atoms. The minimum absolute atomic E-state index is 0.137. The molecule has 0 saturated heterocycles. The van der Waals surface area contributed by atoms with Crippen molar-refractivity contribution >= 4 is 32.7 Å². The summed E-state index contributed by atoms with van der Waals surface area (Å²) < 4.78 is 26.3. The standard InChI is InChI=1S/C11H14N2O3S3/c1-8-3-11(18-10(8)5-14)19(15,16)13(2)4-9-6-17-7-12-9/h3,6-7,14H,4-5H2,1-2H3. The molecule has 2 heterocycles. The Balaban J connectivity index is 2.25. The van der Waals surface area contributed by atoms with Crippen LogP contribution in [0.2, 0.25) is 0 Å². The molecule has 2 aromatic heterocycles. The smallest absolute Gasteiger partial charge is 0.252 e. The van der Waals surface area contributed by atoms with Gasteiger partial charge >= 0.3 is 0 Å². The Hall–Kier alpha value is -0.800. The maximum atomic E-state index is 12.4. The van der Waals surface area contributed by atoms with E-state index in [0.717, 1.165) is 22.6 Å². The summed E-state index contributed by atoms with van der Waals surface area (Å²) in [7, 11) is -1.99. The molecule has 0 saturated carbocycles. The van der Waals surface area contributed by atoms with E-state index in [0.29, 0.717) is 4.88 Å². The van der Waals surface area contributed by atoms with E-state index in [1.807, 2.05) is 5.38 Å². The van der Waals surface area contributed by atoms with Crippen molar-refractivity contribution in [3.8, 4) is 0 Å². The van der Waals surface area contributed by atoms with Crippen LogP contribution in [0.5, 0.6) is 0 Å². The van der Waals surface area contributed by atoms with Crippen LogP contribution < -0.4 is 0 Å². The summed E-state index contributed by atoms with van der Waals surface area (Å²) in [6.07, 6.45) is 0. The molecule has 0 aliphatic heterocycles. The number of hydrogen-bond donors (Lipinski definition) is 1. The molecule has 0 atom stereocenters. The van der Waals surface area contributed by atoms with E-state index in [1.54, 1.807) is 18.5 Å². The lowest BCUT2D eigenvalue weighted by Gasteiger charge is -2.14. The van der Waals surface area contributed by atoms with Crippen LogP contribution in [0.3, 0.4) is 0 Å². The molecule has 0 amide bonds. The Kier molecular flexibility index (Phi) is 4.36. The third kappa shape index (κ3) is 3.03. The Morgan fingerprint density at radius 1 is 1.47 bits per heavy atom. The molecule has 0 bridgehead atoms. The number of aryl methyl sites for hydroxylation is 1. The number of thiazole rings is 1. The van der Waals surface area contributed by atoms with E-state index in [4.69, 9.17) is 5.11 Å². The first-order valence-electron chi connectivity index (χ1n) is 5.48. The van der Waals surface area contributed by atoms with Crippen LogP contribution in [0.1, 0.15) is 16.1 Å². The highest BCUT2D eigenvalue weighted by Crippen LogP contribution is 2.28. The molecule has 0 unspecified atom stereocenters. The number of aromatic nitrogens is 1. The van der Waals surface area contributed by atoms with Gasteiger partial charge in [0.05, 0.1) is 24.4 Å². The Labute approximate surface area is 120 Å². The summed E-state index contributed by atoms with van der Waals surface area (Å²) in [6.45, 7) is 1.90. The van der Waals surface area contributed by atoms with Crippen molar-refractivity contribution in [2.75, 3.05) is 7.05 Å². The number of aliphatic hydroxyl groups excluding tert-OH is 1. The van der Waals surface area contributed by atoms with E-state index >= 15 is 0 Å². The monoisotopic (exact) mass is 318 g/mol. The SMILES string of the molecule is Cc1cc(S(=O)(=O)N(C)Cc2cscn2)sc1CO. The molecule has 5 nitrogen and oxygen atoms in total. The van der Waals surface area contributed by atoms with Crippen molar-refractivity contribution < 1.29 is 13.5 Å². The van der Waals surface area contributed by atoms with Crippen molar-refractivity contribution in [1.82, 2.24) is 9.29 Å². The predicted octanol–water partition coefficient (Wildman–Crippen LogP) is 1.83. The fourth-order valence-corrected chi connectivity index (χ4v) is 4.91. The van der Waals surface area contributed by atoms with Crippen molar-refractivity contribution in [3.05, 3.63) is 33.1 Å². The molecule has 8 heteroatoms. The molecule has 0 radical (unpaired) electrons. The van der Waals surface area contributed by atoms with Crippen LogP contribution >= 0.6 is 22.7 Å². The van der Waals surface area contributed by atoms with Gasteiger partial charge in [0.2, 0.25) is 0 Å². The molecule has 104 valence electrons. The van der Waals surface area contributed by atoms with Crippen LogP contribution in [0.4, 0.5) is 0 Å². The van der Waals surface area contributed by atoms with Crippen LogP contribution in [-0.2, 0) is 23.2 Å². The van der Waals surface area contributed by atoms with Gasteiger partial charge in [0, 0.05) is 17.3 Å². The number of hydrogen-bond acceptors (Lipinski definition) is 6. The molecule has 2 rings (SSSR count). The van der Waals surface area contributed by atoms with Crippen LogP contribution in [0.15, 0.2) is 21.2 Å². The summed E-state index contributed by atoms with van der Waals surface area (Å²) in [6, 6.07) is 1.60. The number of nitrogens with zero attached hydrogens (tertiary/aromatic N) is 2. The largest absolute Gasteiger partial charge is 0.391 e. The molecule has 0 aromatic carbocycles. The third-order valence-electron chi connectivity index (χ3n) is 2.67. The lowest BCUT2D eigenvalue weighted by molar-refractivity contribution is 0.285. The lowest BCUT2D eigenvalue weighted by Crippen LogP contribution is -2.25. The van der Waals surface area contributed by atoms with Crippen LogP contribution in [0.25, 0.3) is 0 Å². The van der Waals surface area contributed by atoms with E-state index in [9.17, 15) is 8.42 Å². The van der Waals surface area contributed by atoms with Gasteiger partial charge < -0.3 is 5.11 Å².